The van der Waals surface area contributed by atoms with Gasteiger partial charge < -0.3 is 35.2 Å². The van der Waals surface area contributed by atoms with Crippen LogP contribution in [0.15, 0.2) is 66.7 Å². The molecule has 3 aromatic carbocycles. The second-order valence-corrected chi connectivity index (χ2v) is 11.7. The van der Waals surface area contributed by atoms with E-state index in [0.29, 0.717) is 35.7 Å². The highest BCUT2D eigenvalue weighted by Crippen LogP contribution is 2.30. The lowest BCUT2D eigenvalue weighted by Crippen LogP contribution is -2.13. The van der Waals surface area contributed by atoms with E-state index in [9.17, 15) is 27.6 Å². The summed E-state index contributed by atoms with van der Waals surface area (Å²) in [5.74, 6) is -1.14. The van der Waals surface area contributed by atoms with Crippen molar-refractivity contribution in [2.75, 3.05) is 38.4 Å². The molecule has 0 spiro atoms. The maximum atomic E-state index is 12.6. The molecule has 4 N–H and O–H groups in total. The van der Waals surface area contributed by atoms with Crippen molar-refractivity contribution in [1.82, 2.24) is 0 Å². The average molecular weight is 715 g/mol. The second-order valence-electron chi connectivity index (χ2n) is 11.7. The van der Waals surface area contributed by atoms with Crippen LogP contribution in [0.1, 0.15) is 90.5 Å². The predicted octanol–water partition coefficient (Wildman–Crippen LogP) is 8.33. The van der Waals surface area contributed by atoms with Crippen LogP contribution in [-0.2, 0) is 14.3 Å². The number of ether oxygens (including phenoxy) is 5. The molecule has 276 valence electrons. The number of nitrogen functional groups attached to an aromatic ring is 2. The summed E-state index contributed by atoms with van der Waals surface area (Å²) in [6, 6.07) is 15.2. The maximum Gasteiger partial charge on any atom is 0.392 e. The van der Waals surface area contributed by atoms with E-state index in [1.807, 2.05) is 0 Å². The molecule has 0 radical (unpaired) electrons. The minimum atomic E-state index is -4.35. The van der Waals surface area contributed by atoms with Gasteiger partial charge in [-0.2, -0.15) is 13.2 Å². The van der Waals surface area contributed by atoms with Crippen LogP contribution in [0.3, 0.4) is 0 Å². The SMILES string of the molecule is COc1cc(C(=O)Oc2ccc(C=CC(=O)OCCCCCCCCCCCOC(=O)c3cc(N)cc(N)c3)cc2)ccc1OCCC(F)(F)F. The van der Waals surface area contributed by atoms with Crippen LogP contribution in [0.2, 0.25) is 0 Å². The van der Waals surface area contributed by atoms with Crippen molar-refractivity contribution in [2.45, 2.75) is 70.4 Å². The summed E-state index contributed by atoms with van der Waals surface area (Å²) >= 11 is 0. The highest BCUT2D eigenvalue weighted by atomic mass is 19.4. The molecule has 51 heavy (non-hydrogen) atoms. The highest BCUT2D eigenvalue weighted by Gasteiger charge is 2.27. The van der Waals surface area contributed by atoms with Gasteiger partial charge in [0.1, 0.15) is 5.75 Å². The molecule has 10 nitrogen and oxygen atoms in total. The highest BCUT2D eigenvalue weighted by molar-refractivity contribution is 5.92. The molecule has 13 heteroatoms. The first-order valence-corrected chi connectivity index (χ1v) is 16.8. The number of hydrogen-bond donors (Lipinski definition) is 2. The van der Waals surface area contributed by atoms with Crippen molar-refractivity contribution < 1.29 is 51.2 Å². The fourth-order valence-electron chi connectivity index (χ4n) is 4.87. The van der Waals surface area contributed by atoms with Crippen LogP contribution in [0, 0.1) is 0 Å². The zero-order valence-corrected chi connectivity index (χ0v) is 28.7. The summed E-state index contributed by atoms with van der Waals surface area (Å²) in [6.07, 6.45) is 6.46. The smallest absolute Gasteiger partial charge is 0.392 e. The average Bonchev–Trinajstić information content (AvgIpc) is 3.09. The molecule has 0 saturated heterocycles. The summed E-state index contributed by atoms with van der Waals surface area (Å²) in [7, 11) is 1.31. The van der Waals surface area contributed by atoms with Gasteiger partial charge in [0.2, 0.25) is 0 Å². The van der Waals surface area contributed by atoms with Gasteiger partial charge in [-0.15, -0.1) is 0 Å². The molecule has 0 aliphatic heterocycles. The van der Waals surface area contributed by atoms with Gasteiger partial charge in [0.05, 0.1) is 44.5 Å². The number of carbonyl (C=O) groups is 3. The van der Waals surface area contributed by atoms with Gasteiger partial charge in [-0.05, 0) is 73.0 Å². The zero-order valence-electron chi connectivity index (χ0n) is 28.7. The quantitative estimate of drug-likeness (QED) is 0.0363. The fraction of sp³-hybridized carbons (Fsp3) is 0.395. The first-order chi connectivity index (χ1) is 24.4. The number of nitrogens with two attached hydrogens (primary N) is 2. The molecule has 0 fully saturated rings. The van der Waals surface area contributed by atoms with Crippen molar-refractivity contribution in [3.8, 4) is 17.2 Å². The topological polar surface area (TPSA) is 149 Å². The van der Waals surface area contributed by atoms with Crippen molar-refractivity contribution in [2.24, 2.45) is 0 Å². The second kappa shape index (κ2) is 21.1. The monoisotopic (exact) mass is 714 g/mol. The first-order valence-electron chi connectivity index (χ1n) is 16.8. The van der Waals surface area contributed by atoms with Crippen molar-refractivity contribution >= 4 is 35.4 Å². The van der Waals surface area contributed by atoms with Crippen molar-refractivity contribution in [3.05, 3.63) is 83.4 Å². The van der Waals surface area contributed by atoms with Crippen LogP contribution in [-0.4, -0.2) is 51.0 Å². The summed E-state index contributed by atoms with van der Waals surface area (Å²) < 4.78 is 63.4. The summed E-state index contributed by atoms with van der Waals surface area (Å²) in [5.41, 5.74) is 13.5. The standard InChI is InChI=1S/C38H45F3N2O8/c1-47-34-25-28(14-17-33(34)48-22-19-38(39,40)41)37(46)51-32-15-11-27(12-16-32)13-18-35(44)49-20-9-7-5-3-2-4-6-8-10-21-50-36(45)29-23-30(42)26-31(43)24-29/h11-18,23-26H,2-10,19-22,42-43H2,1H3. The van der Waals surface area contributed by atoms with E-state index < -0.39 is 37.1 Å². The van der Waals surface area contributed by atoms with Crippen LogP contribution >= 0.6 is 0 Å². The number of benzene rings is 3. The molecule has 3 aromatic rings. The van der Waals surface area contributed by atoms with E-state index in [1.54, 1.807) is 48.5 Å². The molecule has 0 bridgehead atoms. The number of anilines is 2. The summed E-state index contributed by atoms with van der Waals surface area (Å²) in [5, 5.41) is 0. The molecule has 0 unspecified atom stereocenters. The van der Waals surface area contributed by atoms with Crippen LogP contribution in [0.5, 0.6) is 17.2 Å². The fourth-order valence-corrected chi connectivity index (χ4v) is 4.87. The number of alkyl halides is 3. The Hall–Kier alpha value is -5.20. The third kappa shape index (κ3) is 15.9. The maximum absolute atomic E-state index is 12.6. The molecule has 0 atom stereocenters. The Kier molecular flexibility index (Phi) is 16.7. The van der Waals surface area contributed by atoms with Gasteiger partial charge in [-0.25, -0.2) is 14.4 Å². The van der Waals surface area contributed by atoms with Gasteiger partial charge in [0.25, 0.3) is 0 Å². The van der Waals surface area contributed by atoms with Crippen LogP contribution < -0.4 is 25.7 Å². The Balaban J connectivity index is 1.22. The molecule has 0 saturated carbocycles. The number of halogens is 3. The van der Waals surface area contributed by atoms with E-state index in [-0.39, 0.29) is 22.8 Å². The summed E-state index contributed by atoms with van der Waals surface area (Å²) in [4.78, 5) is 36.8. The molecule has 0 aliphatic carbocycles. The van der Waals surface area contributed by atoms with Crippen molar-refractivity contribution in [3.63, 3.8) is 0 Å². The van der Waals surface area contributed by atoms with Gasteiger partial charge in [-0.3, -0.25) is 0 Å². The van der Waals surface area contributed by atoms with E-state index in [2.05, 4.69) is 0 Å². The third-order valence-corrected chi connectivity index (χ3v) is 7.52. The molecule has 0 heterocycles. The lowest BCUT2D eigenvalue weighted by molar-refractivity contribution is -0.140. The minimum Gasteiger partial charge on any atom is -0.493 e. The van der Waals surface area contributed by atoms with Crippen LogP contribution in [0.4, 0.5) is 24.5 Å². The number of methoxy groups -OCH3 is 1. The number of esters is 3. The molecule has 0 aliphatic rings. The predicted molar refractivity (Wildman–Crippen MR) is 188 cm³/mol. The molecular formula is C38H45F3N2O8. The van der Waals surface area contributed by atoms with E-state index in [1.165, 1.54) is 31.4 Å². The minimum absolute atomic E-state index is 0.0743. The largest absolute Gasteiger partial charge is 0.493 e. The first kappa shape index (κ1) is 40.2. The van der Waals surface area contributed by atoms with E-state index in [4.69, 9.17) is 35.2 Å². The van der Waals surface area contributed by atoms with Gasteiger partial charge >= 0.3 is 24.1 Å². The lowest BCUT2D eigenvalue weighted by Gasteiger charge is -2.13. The molecule has 0 aromatic heterocycles. The van der Waals surface area contributed by atoms with Gasteiger partial charge in [-0.1, -0.05) is 57.1 Å². The number of unbranched alkanes of at least 4 members (excludes halogenated alkanes) is 8. The van der Waals surface area contributed by atoms with Gasteiger partial charge in [0, 0.05) is 17.5 Å². The normalized spacial score (nSPS) is 11.3. The lowest BCUT2D eigenvalue weighted by atomic mass is 10.1. The Morgan fingerprint density at radius 3 is 1.84 bits per heavy atom. The Bertz CT molecular complexity index is 1570. The number of hydrogen-bond acceptors (Lipinski definition) is 10. The van der Waals surface area contributed by atoms with E-state index >= 15 is 0 Å². The van der Waals surface area contributed by atoms with E-state index in [0.717, 1.165) is 57.8 Å². The molecular weight excluding hydrogens is 669 g/mol. The Morgan fingerprint density at radius 2 is 1.25 bits per heavy atom. The third-order valence-electron chi connectivity index (χ3n) is 7.52. The Labute approximate surface area is 295 Å². The molecule has 3 rings (SSSR count). The zero-order chi connectivity index (χ0) is 37.1. The number of carbonyl (C=O) groups excluding carboxylic acids is 3. The van der Waals surface area contributed by atoms with Gasteiger partial charge in [0.15, 0.2) is 11.5 Å². The summed E-state index contributed by atoms with van der Waals surface area (Å²) in [6.45, 7) is 0.117. The molecule has 0 amide bonds. The van der Waals surface area contributed by atoms with Crippen molar-refractivity contribution in [1.29, 1.82) is 0 Å². The Morgan fingerprint density at radius 1 is 0.667 bits per heavy atom. The van der Waals surface area contributed by atoms with Crippen LogP contribution in [0.25, 0.3) is 6.08 Å². The number of rotatable bonds is 21.